The minimum atomic E-state index is 0.285. The van der Waals surface area contributed by atoms with Gasteiger partial charge in [0, 0.05) is 12.3 Å². The van der Waals surface area contributed by atoms with Gasteiger partial charge in [-0.05, 0) is 26.0 Å². The fourth-order valence-corrected chi connectivity index (χ4v) is 3.72. The number of fused-ring (bicyclic) bond motifs is 2. The lowest BCUT2D eigenvalue weighted by Crippen LogP contribution is -2.38. The van der Waals surface area contributed by atoms with Gasteiger partial charge in [0.25, 0.3) is 5.82 Å². The van der Waals surface area contributed by atoms with Crippen molar-refractivity contribution in [2.24, 2.45) is 0 Å². The van der Waals surface area contributed by atoms with Crippen molar-refractivity contribution < 1.29 is 9.30 Å². The van der Waals surface area contributed by atoms with Crippen LogP contribution in [0, 0.1) is 11.3 Å². The molecule has 0 aliphatic rings. The number of aromatic amines is 1. The number of nitrogens with two attached hydrogens (primary N) is 1. The molecule has 9 heteroatoms. The molecule has 29 heavy (non-hydrogen) atoms. The third kappa shape index (κ3) is 2.99. The Kier molecular flexibility index (Phi) is 4.68. The molecule has 0 amide bonds. The van der Waals surface area contributed by atoms with E-state index in [1.165, 1.54) is 0 Å². The van der Waals surface area contributed by atoms with E-state index in [0.29, 0.717) is 29.1 Å². The Bertz CT molecular complexity index is 1250. The number of hydrogen-bond donors (Lipinski definition) is 3. The molecular weight excluding hydrogens is 368 g/mol. The molecule has 0 radical (unpaired) electrons. The van der Waals surface area contributed by atoms with Gasteiger partial charge in [-0.3, -0.25) is 0 Å². The number of nitrogens with one attached hydrogen (secondary N) is 2. The Morgan fingerprint density at radius 1 is 1.34 bits per heavy atom. The normalized spacial score (nSPS) is 11.1. The van der Waals surface area contributed by atoms with Crippen molar-refractivity contribution in [3.63, 3.8) is 0 Å². The summed E-state index contributed by atoms with van der Waals surface area (Å²) >= 11 is 0. The van der Waals surface area contributed by atoms with Crippen molar-refractivity contribution in [1.82, 2.24) is 19.5 Å². The van der Waals surface area contributed by atoms with E-state index >= 15 is 0 Å². The smallest absolute Gasteiger partial charge is 0.277 e. The zero-order valence-corrected chi connectivity index (χ0v) is 16.7. The summed E-state index contributed by atoms with van der Waals surface area (Å²) in [5, 5.41) is 12.6. The number of methoxy groups -OCH3 is 1. The first-order valence-corrected chi connectivity index (χ1v) is 9.48. The summed E-state index contributed by atoms with van der Waals surface area (Å²) in [6.07, 6.45) is 1.58. The zero-order chi connectivity index (χ0) is 20.5. The number of benzene rings is 1. The van der Waals surface area contributed by atoms with Gasteiger partial charge in [-0.2, -0.15) is 5.26 Å². The molecule has 0 saturated carbocycles. The monoisotopic (exact) mass is 391 g/mol. The van der Waals surface area contributed by atoms with Gasteiger partial charge in [0.15, 0.2) is 28.3 Å². The number of nitriles is 1. The van der Waals surface area contributed by atoms with E-state index in [2.05, 4.69) is 55.4 Å². The first kappa shape index (κ1) is 18.6. The third-order valence-electron chi connectivity index (χ3n) is 5.09. The molecule has 3 aromatic heterocycles. The lowest BCUT2D eigenvalue weighted by atomic mass is 10.3. The van der Waals surface area contributed by atoms with Crippen molar-refractivity contribution in [2.75, 3.05) is 18.2 Å². The molecule has 1 aromatic carbocycles. The van der Waals surface area contributed by atoms with Crippen LogP contribution in [0.3, 0.4) is 0 Å². The van der Waals surface area contributed by atoms with Crippen molar-refractivity contribution >= 4 is 33.8 Å². The average Bonchev–Trinajstić information content (AvgIpc) is 3.28. The number of imidazole rings is 1. The van der Waals surface area contributed by atoms with Crippen molar-refractivity contribution in [2.45, 2.75) is 33.5 Å². The van der Waals surface area contributed by atoms with Gasteiger partial charge in [-0.1, -0.05) is 0 Å². The summed E-state index contributed by atoms with van der Waals surface area (Å²) in [5.74, 6) is 2.66. The van der Waals surface area contributed by atoms with Crippen LogP contribution < -0.4 is 20.4 Å². The summed E-state index contributed by atoms with van der Waals surface area (Å²) in [5.41, 5.74) is 9.78. The van der Waals surface area contributed by atoms with Crippen molar-refractivity contribution in [1.29, 1.82) is 5.26 Å². The number of nitrogens with zero attached hydrogens (tertiary/aromatic N) is 5. The van der Waals surface area contributed by atoms with Crippen LogP contribution in [-0.4, -0.2) is 26.6 Å². The Labute approximate surface area is 167 Å². The van der Waals surface area contributed by atoms with Gasteiger partial charge < -0.3 is 20.8 Å². The van der Waals surface area contributed by atoms with Crippen LogP contribution in [0.4, 0.5) is 11.6 Å². The van der Waals surface area contributed by atoms with Gasteiger partial charge in [0.05, 0.1) is 25.8 Å². The highest BCUT2D eigenvalue weighted by atomic mass is 16.5. The number of ether oxygens (including phenoxy) is 1. The van der Waals surface area contributed by atoms with Crippen LogP contribution in [0.5, 0.6) is 5.75 Å². The van der Waals surface area contributed by atoms with E-state index in [4.69, 9.17) is 10.5 Å². The van der Waals surface area contributed by atoms with Crippen molar-refractivity contribution in [3.05, 3.63) is 35.8 Å². The predicted octanol–water partition coefficient (Wildman–Crippen LogP) is 2.31. The Balaban J connectivity index is 1.76. The molecule has 4 rings (SSSR count). The zero-order valence-electron chi connectivity index (χ0n) is 16.7. The third-order valence-corrected chi connectivity index (χ3v) is 5.09. The number of hydrogen-bond acceptors (Lipinski definition) is 6. The maximum atomic E-state index is 9.25. The fraction of sp³-hybridized carbons (Fsp3) is 0.300. The molecule has 4 aromatic rings. The van der Waals surface area contributed by atoms with E-state index in [9.17, 15) is 5.26 Å². The standard InChI is InChI=1S/C20H23N8O/c1-4-27-14-7-6-13(29-3)8-15(14)28(5-2)16(27)11-24-20-18(22)26-19-17(25-20)12(9-21)10-23-19/h6-8,10H,4-5,11H2,1-3H3,(H,24,25)(H3,22,23,26)/q+1. The van der Waals surface area contributed by atoms with Crippen LogP contribution in [0.2, 0.25) is 0 Å². The SMILES string of the molecule is CCn1c(CNc2nc3c(C#N)c[nH]c3nc2N)[n+](CC)c2ccc(OC)cc21. The highest BCUT2D eigenvalue weighted by Gasteiger charge is 2.24. The molecule has 0 spiro atoms. The second-order valence-electron chi connectivity index (χ2n) is 6.58. The number of nitrogen functional groups attached to an aromatic ring is 1. The minimum absolute atomic E-state index is 0.285. The first-order valence-electron chi connectivity index (χ1n) is 9.48. The van der Waals surface area contributed by atoms with Gasteiger partial charge >= 0.3 is 0 Å². The number of rotatable bonds is 6. The van der Waals surface area contributed by atoms with Crippen LogP contribution in [0.1, 0.15) is 25.2 Å². The van der Waals surface area contributed by atoms with E-state index in [-0.39, 0.29) is 5.82 Å². The maximum absolute atomic E-state index is 9.25. The first-order chi connectivity index (χ1) is 14.1. The number of H-pyrrole nitrogens is 1. The van der Waals surface area contributed by atoms with E-state index in [1.54, 1.807) is 13.3 Å². The summed E-state index contributed by atoms with van der Waals surface area (Å²) in [6.45, 7) is 6.37. The minimum Gasteiger partial charge on any atom is -0.497 e. The second-order valence-corrected chi connectivity index (χ2v) is 6.58. The molecule has 0 saturated heterocycles. The highest BCUT2D eigenvalue weighted by molar-refractivity contribution is 5.82. The van der Waals surface area contributed by atoms with Gasteiger partial charge in [-0.15, -0.1) is 0 Å². The largest absolute Gasteiger partial charge is 0.497 e. The highest BCUT2D eigenvalue weighted by Crippen LogP contribution is 2.23. The Morgan fingerprint density at radius 2 is 2.17 bits per heavy atom. The average molecular weight is 391 g/mol. The Hall–Kier alpha value is -3.80. The van der Waals surface area contributed by atoms with Gasteiger partial charge in [0.2, 0.25) is 0 Å². The molecular formula is C20H23N8O+. The number of aromatic nitrogens is 5. The maximum Gasteiger partial charge on any atom is 0.277 e. The Morgan fingerprint density at radius 3 is 2.86 bits per heavy atom. The topological polar surface area (TPSA) is 121 Å². The number of anilines is 2. The molecule has 0 aliphatic carbocycles. The molecule has 0 bridgehead atoms. The van der Waals surface area contributed by atoms with E-state index in [1.807, 2.05) is 12.1 Å². The molecule has 0 aliphatic heterocycles. The lowest BCUT2D eigenvalue weighted by molar-refractivity contribution is -0.676. The molecule has 0 unspecified atom stereocenters. The molecule has 0 atom stereocenters. The summed E-state index contributed by atoms with van der Waals surface area (Å²) in [7, 11) is 1.67. The van der Waals surface area contributed by atoms with E-state index < -0.39 is 0 Å². The lowest BCUT2D eigenvalue weighted by Gasteiger charge is -2.08. The van der Waals surface area contributed by atoms with Crippen LogP contribution in [0.15, 0.2) is 24.4 Å². The van der Waals surface area contributed by atoms with Crippen LogP contribution in [0.25, 0.3) is 22.2 Å². The van der Waals surface area contributed by atoms with E-state index in [0.717, 1.165) is 35.7 Å². The summed E-state index contributed by atoms with van der Waals surface area (Å²) in [4.78, 5) is 11.8. The summed E-state index contributed by atoms with van der Waals surface area (Å²) < 4.78 is 9.90. The fourth-order valence-electron chi connectivity index (χ4n) is 3.72. The summed E-state index contributed by atoms with van der Waals surface area (Å²) in [6, 6.07) is 8.21. The van der Waals surface area contributed by atoms with Crippen LogP contribution >= 0.6 is 0 Å². The second kappa shape index (κ2) is 7.31. The van der Waals surface area contributed by atoms with Gasteiger partial charge in [0.1, 0.15) is 23.9 Å². The van der Waals surface area contributed by atoms with Crippen LogP contribution in [-0.2, 0) is 19.6 Å². The molecule has 148 valence electrons. The molecule has 4 N–H and O–H groups in total. The quantitative estimate of drug-likeness (QED) is 0.434. The predicted molar refractivity (Wildman–Crippen MR) is 110 cm³/mol. The van der Waals surface area contributed by atoms with Gasteiger partial charge in [-0.25, -0.2) is 19.1 Å². The molecule has 0 fully saturated rings. The molecule has 9 nitrogen and oxygen atoms in total. The number of aryl methyl sites for hydroxylation is 2. The van der Waals surface area contributed by atoms with Crippen molar-refractivity contribution in [3.8, 4) is 11.8 Å². The molecule has 3 heterocycles.